The highest BCUT2D eigenvalue weighted by Crippen LogP contribution is 2.27. The summed E-state index contributed by atoms with van der Waals surface area (Å²) in [5.41, 5.74) is 1.39. The molecule has 130 valence electrons. The molecular weight excluding hydrogens is 343 g/mol. The van der Waals surface area contributed by atoms with E-state index < -0.39 is 11.9 Å². The van der Waals surface area contributed by atoms with Gasteiger partial charge in [0.15, 0.2) is 0 Å². The highest BCUT2D eigenvalue weighted by molar-refractivity contribution is 6.30. The summed E-state index contributed by atoms with van der Waals surface area (Å²) in [5.74, 6) is -0.759. The molecule has 0 unspecified atom stereocenters. The van der Waals surface area contributed by atoms with Crippen LogP contribution in [0.3, 0.4) is 0 Å². The van der Waals surface area contributed by atoms with Gasteiger partial charge >= 0.3 is 0 Å². The predicted octanol–water partition coefficient (Wildman–Crippen LogP) is 3.45. The fourth-order valence-corrected chi connectivity index (χ4v) is 3.16. The summed E-state index contributed by atoms with van der Waals surface area (Å²) in [6.45, 7) is 2.70. The SMILES string of the molecule is C[C@@H]1C(=O)N(C)CCN1C(=O)c1cccc(-c2ccc(Cl)cc2F)c1. The summed E-state index contributed by atoms with van der Waals surface area (Å²) < 4.78 is 14.1. The van der Waals surface area contributed by atoms with Gasteiger partial charge in [-0.15, -0.1) is 0 Å². The average Bonchev–Trinajstić information content (AvgIpc) is 2.59. The van der Waals surface area contributed by atoms with Gasteiger partial charge in [-0.3, -0.25) is 9.59 Å². The Balaban J connectivity index is 1.91. The van der Waals surface area contributed by atoms with Gasteiger partial charge < -0.3 is 9.80 Å². The van der Waals surface area contributed by atoms with Gasteiger partial charge in [0.05, 0.1) is 0 Å². The molecule has 3 rings (SSSR count). The third-order valence-corrected chi connectivity index (χ3v) is 4.73. The largest absolute Gasteiger partial charge is 0.342 e. The lowest BCUT2D eigenvalue weighted by Gasteiger charge is -2.37. The quantitative estimate of drug-likeness (QED) is 0.823. The smallest absolute Gasteiger partial charge is 0.254 e. The van der Waals surface area contributed by atoms with E-state index in [-0.39, 0.29) is 11.8 Å². The van der Waals surface area contributed by atoms with Crippen molar-refractivity contribution in [3.63, 3.8) is 0 Å². The molecule has 2 aromatic rings. The van der Waals surface area contributed by atoms with Crippen LogP contribution in [0.5, 0.6) is 0 Å². The number of nitrogens with zero attached hydrogens (tertiary/aromatic N) is 2. The maximum Gasteiger partial charge on any atom is 0.254 e. The van der Waals surface area contributed by atoms with Crippen LogP contribution in [0.2, 0.25) is 5.02 Å². The lowest BCUT2D eigenvalue weighted by Crippen LogP contribution is -2.56. The molecule has 0 saturated carbocycles. The van der Waals surface area contributed by atoms with E-state index in [1.807, 2.05) is 0 Å². The van der Waals surface area contributed by atoms with Crippen molar-refractivity contribution in [3.05, 3.63) is 58.9 Å². The van der Waals surface area contributed by atoms with E-state index in [1.165, 1.54) is 6.07 Å². The average molecular weight is 361 g/mol. The van der Waals surface area contributed by atoms with Crippen LogP contribution in [0.1, 0.15) is 17.3 Å². The van der Waals surface area contributed by atoms with Crippen LogP contribution in [0, 0.1) is 5.82 Å². The van der Waals surface area contributed by atoms with Crippen LogP contribution in [0.15, 0.2) is 42.5 Å². The van der Waals surface area contributed by atoms with Crippen molar-refractivity contribution >= 4 is 23.4 Å². The molecular formula is C19H18ClFN2O2. The second-order valence-corrected chi connectivity index (χ2v) is 6.58. The maximum atomic E-state index is 14.1. The van der Waals surface area contributed by atoms with Crippen LogP contribution in [0.25, 0.3) is 11.1 Å². The molecule has 1 heterocycles. The lowest BCUT2D eigenvalue weighted by molar-refractivity contribution is -0.137. The molecule has 0 aromatic heterocycles. The number of hydrogen-bond acceptors (Lipinski definition) is 2. The van der Waals surface area contributed by atoms with E-state index in [0.717, 1.165) is 0 Å². The molecule has 25 heavy (non-hydrogen) atoms. The summed E-state index contributed by atoms with van der Waals surface area (Å²) in [5, 5.41) is 0.318. The minimum Gasteiger partial charge on any atom is -0.342 e. The highest BCUT2D eigenvalue weighted by Gasteiger charge is 2.33. The van der Waals surface area contributed by atoms with Crippen molar-refractivity contribution in [1.82, 2.24) is 9.80 Å². The van der Waals surface area contributed by atoms with E-state index in [9.17, 15) is 14.0 Å². The van der Waals surface area contributed by atoms with Crippen molar-refractivity contribution in [1.29, 1.82) is 0 Å². The fourth-order valence-electron chi connectivity index (χ4n) is 3.00. The summed E-state index contributed by atoms with van der Waals surface area (Å²) >= 11 is 5.79. The maximum absolute atomic E-state index is 14.1. The minimum atomic E-state index is -0.512. The molecule has 2 amide bonds. The van der Waals surface area contributed by atoms with Crippen molar-refractivity contribution in [2.75, 3.05) is 20.1 Å². The van der Waals surface area contributed by atoms with E-state index in [1.54, 1.807) is 60.2 Å². The van der Waals surface area contributed by atoms with Crippen LogP contribution >= 0.6 is 11.6 Å². The first-order valence-electron chi connectivity index (χ1n) is 8.00. The van der Waals surface area contributed by atoms with Crippen molar-refractivity contribution in [2.45, 2.75) is 13.0 Å². The van der Waals surface area contributed by atoms with Crippen LogP contribution in [-0.2, 0) is 4.79 Å². The van der Waals surface area contributed by atoms with Gasteiger partial charge in [-0.1, -0.05) is 23.7 Å². The summed E-state index contributed by atoms with van der Waals surface area (Å²) in [6.07, 6.45) is 0. The molecule has 1 fully saturated rings. The number of hydrogen-bond donors (Lipinski definition) is 0. The third kappa shape index (κ3) is 3.37. The lowest BCUT2D eigenvalue weighted by atomic mass is 10.0. The molecule has 1 saturated heterocycles. The number of rotatable bonds is 2. The Bertz CT molecular complexity index is 840. The normalized spacial score (nSPS) is 17.8. The van der Waals surface area contributed by atoms with Gasteiger partial charge in [0.1, 0.15) is 11.9 Å². The van der Waals surface area contributed by atoms with Gasteiger partial charge in [-0.25, -0.2) is 4.39 Å². The van der Waals surface area contributed by atoms with Gasteiger partial charge in [-0.2, -0.15) is 0 Å². The van der Waals surface area contributed by atoms with Gasteiger partial charge in [0.25, 0.3) is 5.91 Å². The first-order chi connectivity index (χ1) is 11.9. The fraction of sp³-hybridized carbons (Fsp3) is 0.263. The Morgan fingerprint density at radius 2 is 1.96 bits per heavy atom. The Labute approximate surface area is 150 Å². The van der Waals surface area contributed by atoms with E-state index >= 15 is 0 Å². The first-order valence-corrected chi connectivity index (χ1v) is 8.37. The zero-order valence-corrected chi connectivity index (χ0v) is 14.8. The topological polar surface area (TPSA) is 40.6 Å². The molecule has 0 spiro atoms. The van der Waals surface area contributed by atoms with Crippen LogP contribution in [-0.4, -0.2) is 47.8 Å². The monoisotopic (exact) mass is 360 g/mol. The Morgan fingerprint density at radius 3 is 2.68 bits per heavy atom. The zero-order valence-electron chi connectivity index (χ0n) is 14.0. The number of piperazine rings is 1. The molecule has 0 N–H and O–H groups in total. The Morgan fingerprint density at radius 1 is 1.20 bits per heavy atom. The van der Waals surface area contributed by atoms with E-state index in [4.69, 9.17) is 11.6 Å². The first kappa shape index (κ1) is 17.4. The third-order valence-electron chi connectivity index (χ3n) is 4.49. The highest BCUT2D eigenvalue weighted by atomic mass is 35.5. The zero-order chi connectivity index (χ0) is 18.1. The van der Waals surface area contributed by atoms with Crippen LogP contribution in [0.4, 0.5) is 4.39 Å². The molecule has 1 aliphatic rings. The van der Waals surface area contributed by atoms with Crippen molar-refractivity contribution in [3.8, 4) is 11.1 Å². The standard InChI is InChI=1S/C19H18ClFN2O2/c1-12-18(24)22(2)8-9-23(12)19(25)14-5-3-4-13(10-14)16-7-6-15(20)11-17(16)21/h3-7,10-12H,8-9H2,1-2H3/t12-/m1/s1. The molecule has 1 aliphatic heterocycles. The van der Waals surface area contributed by atoms with Gasteiger partial charge in [-0.05, 0) is 42.8 Å². The number of carbonyl (C=O) groups is 2. The predicted molar refractivity (Wildman–Crippen MR) is 95.0 cm³/mol. The second kappa shape index (κ2) is 6.84. The van der Waals surface area contributed by atoms with E-state index in [0.29, 0.717) is 34.8 Å². The number of amides is 2. The van der Waals surface area contributed by atoms with Gasteiger partial charge in [0, 0.05) is 36.3 Å². The molecule has 0 aliphatic carbocycles. The summed E-state index contributed by atoms with van der Waals surface area (Å²) in [4.78, 5) is 28.1. The Kier molecular flexibility index (Phi) is 4.77. The molecule has 6 heteroatoms. The van der Waals surface area contributed by atoms with Crippen LogP contribution < -0.4 is 0 Å². The number of carbonyl (C=O) groups excluding carboxylic acids is 2. The van der Waals surface area contributed by atoms with Crippen molar-refractivity contribution < 1.29 is 14.0 Å². The second-order valence-electron chi connectivity index (χ2n) is 6.14. The van der Waals surface area contributed by atoms with Gasteiger partial charge in [0.2, 0.25) is 5.91 Å². The molecule has 0 radical (unpaired) electrons. The minimum absolute atomic E-state index is 0.0838. The molecule has 0 bridgehead atoms. The van der Waals surface area contributed by atoms with Crippen molar-refractivity contribution in [2.24, 2.45) is 0 Å². The summed E-state index contributed by atoms with van der Waals surface area (Å²) in [6, 6.07) is 10.7. The van der Waals surface area contributed by atoms with E-state index in [2.05, 4.69) is 0 Å². The number of benzene rings is 2. The molecule has 4 nitrogen and oxygen atoms in total. The summed E-state index contributed by atoms with van der Waals surface area (Å²) in [7, 11) is 1.73. The molecule has 1 atom stereocenters. The Hall–Kier alpha value is -2.40. The number of halogens is 2. The number of likely N-dealkylation sites (N-methyl/N-ethyl adjacent to an activating group) is 1. The molecule has 2 aromatic carbocycles.